The molecule has 0 aliphatic heterocycles. The van der Waals surface area contributed by atoms with Crippen LogP contribution in [0.1, 0.15) is 26.7 Å². The number of amides is 4. The van der Waals surface area contributed by atoms with Gasteiger partial charge in [0.15, 0.2) is 0 Å². The minimum absolute atomic E-state index is 0.386. The normalized spacial score (nSPS) is 14.7. The van der Waals surface area contributed by atoms with Gasteiger partial charge < -0.3 is 37.1 Å². The Balaban J connectivity index is 5.23. The molecule has 0 radical (unpaired) electrons. The Morgan fingerprint density at radius 3 is 1.30 bits per heavy atom. The van der Waals surface area contributed by atoms with Gasteiger partial charge in [-0.25, -0.2) is 19.2 Å². The van der Waals surface area contributed by atoms with E-state index in [0.717, 1.165) is 0 Å². The number of primary amides is 2. The number of nitrogens with one attached hydrogen (secondary N) is 2. The number of carboxylic acid groups (broad SMARTS) is 2. The standard InChI is InChI=1S/C14H22N4O9/c1-5(9(15)19)3-7(17-13(23)24)11(21)27-12(22)8(18-14(25)26)4-6(2)10(16)20/h5-8,17-18H,3-4H2,1-2H3,(H2,15,19)(H2,16,20)(H,23,24)(H,25,26)/t5?,6?,7-,8-/m0/s1. The third-order valence-corrected chi connectivity index (χ3v) is 3.52. The van der Waals surface area contributed by atoms with Crippen LogP contribution in [0.4, 0.5) is 9.59 Å². The van der Waals surface area contributed by atoms with Crippen molar-refractivity contribution in [1.82, 2.24) is 10.6 Å². The van der Waals surface area contributed by atoms with Crippen LogP contribution < -0.4 is 22.1 Å². The van der Waals surface area contributed by atoms with Crippen molar-refractivity contribution >= 4 is 35.9 Å². The van der Waals surface area contributed by atoms with Gasteiger partial charge in [-0.05, 0) is 12.8 Å². The molecule has 4 amide bonds. The molecule has 13 heteroatoms. The molecule has 0 aromatic carbocycles. The summed E-state index contributed by atoms with van der Waals surface area (Å²) < 4.78 is 4.50. The zero-order valence-corrected chi connectivity index (χ0v) is 14.6. The Kier molecular flexibility index (Phi) is 9.25. The van der Waals surface area contributed by atoms with Crippen molar-refractivity contribution in [2.24, 2.45) is 23.3 Å². The number of rotatable bonds is 10. The summed E-state index contributed by atoms with van der Waals surface area (Å²) in [5.41, 5.74) is 10.1. The Hall–Kier alpha value is -3.38. The Bertz CT molecular complexity index is 570. The summed E-state index contributed by atoms with van der Waals surface area (Å²) in [5.74, 6) is -6.20. The average molecular weight is 390 g/mol. The Morgan fingerprint density at radius 1 is 0.778 bits per heavy atom. The van der Waals surface area contributed by atoms with E-state index in [1.54, 1.807) is 10.6 Å². The molecule has 0 fully saturated rings. The monoisotopic (exact) mass is 390 g/mol. The van der Waals surface area contributed by atoms with Gasteiger partial charge in [-0.3, -0.25) is 9.59 Å². The van der Waals surface area contributed by atoms with Crippen molar-refractivity contribution in [3.8, 4) is 0 Å². The molecule has 0 spiro atoms. The van der Waals surface area contributed by atoms with Crippen LogP contribution in [0.2, 0.25) is 0 Å². The van der Waals surface area contributed by atoms with Crippen molar-refractivity contribution in [3.63, 3.8) is 0 Å². The lowest BCUT2D eigenvalue weighted by Gasteiger charge is -2.21. The Morgan fingerprint density at radius 2 is 1.07 bits per heavy atom. The van der Waals surface area contributed by atoms with Crippen molar-refractivity contribution in [1.29, 1.82) is 0 Å². The van der Waals surface area contributed by atoms with E-state index < -0.39 is 59.9 Å². The van der Waals surface area contributed by atoms with E-state index in [1.165, 1.54) is 13.8 Å². The summed E-state index contributed by atoms with van der Waals surface area (Å²) in [5, 5.41) is 21.1. The molecular weight excluding hydrogens is 368 g/mol. The Labute approximate surface area is 153 Å². The second-order valence-electron chi connectivity index (χ2n) is 5.82. The number of carbonyl (C=O) groups is 6. The van der Waals surface area contributed by atoms with E-state index in [4.69, 9.17) is 21.7 Å². The molecule has 0 saturated carbocycles. The minimum atomic E-state index is -1.62. The highest BCUT2D eigenvalue weighted by atomic mass is 16.6. The van der Waals surface area contributed by atoms with Crippen molar-refractivity contribution < 1.29 is 43.7 Å². The summed E-state index contributed by atoms with van der Waals surface area (Å²) in [6, 6.07) is -3.21. The second-order valence-corrected chi connectivity index (χ2v) is 5.82. The molecule has 0 aromatic rings. The molecule has 0 aliphatic carbocycles. The van der Waals surface area contributed by atoms with E-state index in [1.807, 2.05) is 0 Å². The maximum Gasteiger partial charge on any atom is 0.405 e. The van der Waals surface area contributed by atoms with Crippen LogP contribution >= 0.6 is 0 Å². The first-order valence-electron chi connectivity index (χ1n) is 7.68. The molecule has 8 N–H and O–H groups in total. The quantitative estimate of drug-likeness (QED) is 0.185. The maximum absolute atomic E-state index is 12.1. The van der Waals surface area contributed by atoms with Crippen molar-refractivity contribution in [2.45, 2.75) is 38.8 Å². The molecule has 13 nitrogen and oxygen atoms in total. The lowest BCUT2D eigenvalue weighted by atomic mass is 10.0. The predicted molar refractivity (Wildman–Crippen MR) is 86.9 cm³/mol. The lowest BCUT2D eigenvalue weighted by Crippen LogP contribution is -2.48. The average Bonchev–Trinajstić information content (AvgIpc) is 2.51. The zero-order chi connectivity index (χ0) is 21.3. The molecule has 152 valence electrons. The third kappa shape index (κ3) is 9.04. The molecular formula is C14H22N4O9. The molecule has 0 heterocycles. The molecule has 27 heavy (non-hydrogen) atoms. The van der Waals surface area contributed by atoms with Gasteiger partial charge in [0, 0.05) is 11.8 Å². The van der Waals surface area contributed by atoms with Gasteiger partial charge in [-0.1, -0.05) is 13.8 Å². The molecule has 0 aliphatic rings. The first-order valence-corrected chi connectivity index (χ1v) is 7.68. The highest BCUT2D eigenvalue weighted by molar-refractivity contribution is 5.94. The van der Waals surface area contributed by atoms with Gasteiger partial charge in [0.1, 0.15) is 12.1 Å². The smallest absolute Gasteiger partial charge is 0.405 e. The summed E-state index contributed by atoms with van der Waals surface area (Å²) in [7, 11) is 0. The first-order chi connectivity index (χ1) is 12.3. The van der Waals surface area contributed by atoms with Crippen LogP contribution in [0.15, 0.2) is 0 Å². The molecule has 0 bridgehead atoms. The lowest BCUT2D eigenvalue weighted by molar-refractivity contribution is -0.163. The minimum Gasteiger partial charge on any atom is -0.465 e. The first kappa shape index (κ1) is 23.6. The van der Waals surface area contributed by atoms with Gasteiger partial charge in [-0.2, -0.15) is 0 Å². The highest BCUT2D eigenvalue weighted by Crippen LogP contribution is 2.11. The van der Waals surface area contributed by atoms with Crippen LogP contribution in [-0.2, 0) is 23.9 Å². The highest BCUT2D eigenvalue weighted by Gasteiger charge is 2.32. The summed E-state index contributed by atoms with van der Waals surface area (Å²) in [4.78, 5) is 67.9. The number of nitrogens with two attached hydrogens (primary N) is 2. The van der Waals surface area contributed by atoms with Crippen molar-refractivity contribution in [2.75, 3.05) is 0 Å². The SMILES string of the molecule is CC(C[C@H](NC(=O)O)C(=O)OC(=O)[C@H](CC(C)C(N)=O)NC(=O)O)C(N)=O. The van der Waals surface area contributed by atoms with E-state index in [0.29, 0.717) is 0 Å². The summed E-state index contributed by atoms with van der Waals surface area (Å²) >= 11 is 0. The summed E-state index contributed by atoms with van der Waals surface area (Å²) in [6.07, 6.45) is -4.02. The van der Waals surface area contributed by atoms with Gasteiger partial charge >= 0.3 is 24.1 Å². The summed E-state index contributed by atoms with van der Waals surface area (Å²) in [6.45, 7) is 2.66. The predicted octanol–water partition coefficient (Wildman–Crippen LogP) is -1.65. The largest absolute Gasteiger partial charge is 0.465 e. The van der Waals surface area contributed by atoms with Gasteiger partial charge in [-0.15, -0.1) is 0 Å². The van der Waals surface area contributed by atoms with Gasteiger partial charge in [0.2, 0.25) is 11.8 Å². The number of hydrogen-bond donors (Lipinski definition) is 6. The fourth-order valence-electron chi connectivity index (χ4n) is 1.91. The molecule has 0 rings (SSSR count). The van der Waals surface area contributed by atoms with E-state index in [9.17, 15) is 28.8 Å². The molecule has 0 aromatic heterocycles. The number of esters is 2. The van der Waals surface area contributed by atoms with Crippen LogP contribution in [0.3, 0.4) is 0 Å². The molecule has 2 unspecified atom stereocenters. The van der Waals surface area contributed by atoms with E-state index in [-0.39, 0.29) is 12.8 Å². The third-order valence-electron chi connectivity index (χ3n) is 3.52. The van der Waals surface area contributed by atoms with E-state index in [2.05, 4.69) is 4.74 Å². The number of carbonyl (C=O) groups excluding carboxylic acids is 4. The van der Waals surface area contributed by atoms with Gasteiger partial charge in [0.05, 0.1) is 0 Å². The van der Waals surface area contributed by atoms with Crippen LogP contribution in [0, 0.1) is 11.8 Å². The fourth-order valence-corrected chi connectivity index (χ4v) is 1.91. The second kappa shape index (κ2) is 10.6. The topological polar surface area (TPSA) is 228 Å². The van der Waals surface area contributed by atoms with Crippen molar-refractivity contribution in [3.05, 3.63) is 0 Å². The van der Waals surface area contributed by atoms with E-state index >= 15 is 0 Å². The zero-order valence-electron chi connectivity index (χ0n) is 14.6. The van der Waals surface area contributed by atoms with Crippen LogP contribution in [0.5, 0.6) is 0 Å². The maximum atomic E-state index is 12.1. The molecule has 0 saturated heterocycles. The van der Waals surface area contributed by atoms with Crippen LogP contribution in [0.25, 0.3) is 0 Å². The molecule has 4 atom stereocenters. The van der Waals surface area contributed by atoms with Gasteiger partial charge in [0.25, 0.3) is 0 Å². The number of ether oxygens (including phenoxy) is 1. The van der Waals surface area contributed by atoms with Crippen LogP contribution in [-0.4, -0.2) is 58.2 Å². The number of hydrogen-bond acceptors (Lipinski definition) is 7. The fraction of sp³-hybridized carbons (Fsp3) is 0.571.